The van der Waals surface area contributed by atoms with Crippen LogP contribution in [0, 0.1) is 11.8 Å². The van der Waals surface area contributed by atoms with E-state index in [1.165, 1.54) is 0 Å². The average molecular weight is 181 g/mol. The first-order chi connectivity index (χ1) is 6.23. The first-order valence-electron chi connectivity index (χ1n) is 4.54. The maximum Gasteiger partial charge on any atom is 0.309 e. The minimum atomic E-state index is -0.732. The van der Waals surface area contributed by atoms with Crippen LogP contribution in [0.5, 0.6) is 0 Å². The molecular formula is C9H11NO3. The molecule has 0 amide bonds. The summed E-state index contributed by atoms with van der Waals surface area (Å²) in [4.78, 5) is 11.0. The molecule has 3 rings (SSSR count). The van der Waals surface area contributed by atoms with Crippen LogP contribution in [0.15, 0.2) is 12.2 Å². The van der Waals surface area contributed by atoms with E-state index in [0.29, 0.717) is 0 Å². The van der Waals surface area contributed by atoms with E-state index >= 15 is 0 Å². The molecule has 70 valence electrons. The van der Waals surface area contributed by atoms with Crippen LogP contribution in [0.25, 0.3) is 0 Å². The number of carbonyl (C=O) groups is 1. The molecule has 0 aromatic rings. The Labute approximate surface area is 75.6 Å². The van der Waals surface area contributed by atoms with Crippen molar-refractivity contribution in [2.24, 2.45) is 11.8 Å². The van der Waals surface area contributed by atoms with Gasteiger partial charge in [-0.2, -0.15) is 0 Å². The van der Waals surface area contributed by atoms with Crippen molar-refractivity contribution in [3.8, 4) is 0 Å². The summed E-state index contributed by atoms with van der Waals surface area (Å²) in [7, 11) is 0. The number of rotatable bonds is 1. The molecule has 0 aliphatic carbocycles. The molecule has 13 heavy (non-hydrogen) atoms. The highest BCUT2D eigenvalue weighted by Gasteiger charge is 2.60. The van der Waals surface area contributed by atoms with Gasteiger partial charge in [-0.25, -0.2) is 0 Å². The van der Waals surface area contributed by atoms with Crippen molar-refractivity contribution < 1.29 is 14.6 Å². The Hall–Kier alpha value is -0.870. The highest BCUT2D eigenvalue weighted by molar-refractivity contribution is 5.73. The Morgan fingerprint density at radius 2 is 2.54 bits per heavy atom. The largest absolute Gasteiger partial charge is 0.481 e. The second kappa shape index (κ2) is 2.13. The Morgan fingerprint density at radius 1 is 1.69 bits per heavy atom. The van der Waals surface area contributed by atoms with Gasteiger partial charge in [-0.3, -0.25) is 4.79 Å². The molecule has 0 aromatic carbocycles. The summed E-state index contributed by atoms with van der Waals surface area (Å²) in [5.74, 6) is -0.954. The molecule has 3 heterocycles. The van der Waals surface area contributed by atoms with Gasteiger partial charge in [0, 0.05) is 19.0 Å². The third-order valence-corrected chi connectivity index (χ3v) is 3.39. The van der Waals surface area contributed by atoms with Crippen LogP contribution in [-0.4, -0.2) is 35.9 Å². The molecule has 3 aliphatic rings. The lowest BCUT2D eigenvalue weighted by molar-refractivity contribution is -0.143. The van der Waals surface area contributed by atoms with E-state index in [1.54, 1.807) is 0 Å². The Morgan fingerprint density at radius 3 is 3.31 bits per heavy atom. The number of carboxylic acids is 1. The molecule has 4 unspecified atom stereocenters. The number of ether oxygens (including phenoxy) is 1. The summed E-state index contributed by atoms with van der Waals surface area (Å²) in [6, 6.07) is 0. The summed E-state index contributed by atoms with van der Waals surface area (Å²) in [6.45, 7) is 1.52. The minimum absolute atomic E-state index is 0.125. The summed E-state index contributed by atoms with van der Waals surface area (Å²) in [5, 5.41) is 12.2. The highest BCUT2D eigenvalue weighted by atomic mass is 16.5. The molecule has 0 radical (unpaired) electrons. The predicted octanol–water partition coefficient (Wildman–Crippen LogP) is -0.386. The van der Waals surface area contributed by atoms with Gasteiger partial charge in [0.2, 0.25) is 0 Å². The van der Waals surface area contributed by atoms with E-state index in [0.717, 1.165) is 13.1 Å². The van der Waals surface area contributed by atoms with Gasteiger partial charge < -0.3 is 15.2 Å². The molecule has 2 saturated heterocycles. The minimum Gasteiger partial charge on any atom is -0.481 e. The van der Waals surface area contributed by atoms with Crippen molar-refractivity contribution in [2.75, 3.05) is 13.1 Å². The van der Waals surface area contributed by atoms with Crippen LogP contribution in [0.1, 0.15) is 0 Å². The predicted molar refractivity (Wildman–Crippen MR) is 44.2 cm³/mol. The van der Waals surface area contributed by atoms with E-state index in [4.69, 9.17) is 9.84 Å². The maximum absolute atomic E-state index is 11.0. The summed E-state index contributed by atoms with van der Waals surface area (Å²) < 4.78 is 5.70. The fraction of sp³-hybridized carbons (Fsp3) is 0.667. The number of carboxylic acid groups (broad SMARTS) is 1. The van der Waals surface area contributed by atoms with Gasteiger partial charge in [-0.1, -0.05) is 12.2 Å². The molecule has 1 spiro atoms. The van der Waals surface area contributed by atoms with Crippen molar-refractivity contribution in [3.63, 3.8) is 0 Å². The average Bonchev–Trinajstić information content (AvgIpc) is 2.67. The maximum atomic E-state index is 11.0. The van der Waals surface area contributed by atoms with E-state index in [9.17, 15) is 4.79 Å². The third kappa shape index (κ3) is 0.752. The molecule has 2 N–H and O–H groups in total. The van der Waals surface area contributed by atoms with E-state index < -0.39 is 5.97 Å². The van der Waals surface area contributed by atoms with Gasteiger partial charge in [0.1, 0.15) is 5.60 Å². The second-order valence-electron chi connectivity index (χ2n) is 4.00. The summed E-state index contributed by atoms with van der Waals surface area (Å²) in [5.41, 5.74) is -0.298. The Kier molecular flexibility index (Phi) is 1.24. The molecule has 0 aromatic heterocycles. The number of fused-ring (bicyclic) bond motifs is 1. The monoisotopic (exact) mass is 181 g/mol. The van der Waals surface area contributed by atoms with E-state index in [-0.39, 0.29) is 23.5 Å². The number of nitrogens with one attached hydrogen (secondary N) is 1. The third-order valence-electron chi connectivity index (χ3n) is 3.39. The number of aliphatic carboxylic acids is 1. The van der Waals surface area contributed by atoms with Crippen LogP contribution in [0.2, 0.25) is 0 Å². The van der Waals surface area contributed by atoms with Crippen molar-refractivity contribution >= 4 is 5.97 Å². The molecular weight excluding hydrogens is 170 g/mol. The zero-order chi connectivity index (χ0) is 9.05. The van der Waals surface area contributed by atoms with E-state index in [1.807, 2.05) is 12.2 Å². The zero-order valence-electron chi connectivity index (χ0n) is 7.06. The summed E-state index contributed by atoms with van der Waals surface area (Å²) >= 11 is 0. The molecule has 4 heteroatoms. The first kappa shape index (κ1) is 7.53. The van der Waals surface area contributed by atoms with Crippen LogP contribution in [0.3, 0.4) is 0 Å². The molecule has 4 nitrogen and oxygen atoms in total. The lowest BCUT2D eigenvalue weighted by Crippen LogP contribution is -2.37. The molecule has 4 atom stereocenters. The van der Waals surface area contributed by atoms with Gasteiger partial charge in [-0.05, 0) is 0 Å². The SMILES string of the molecule is O=C(O)C1C2C=CC3(CNCC13)O2. The lowest BCUT2D eigenvalue weighted by Gasteiger charge is -2.23. The lowest BCUT2D eigenvalue weighted by atomic mass is 9.78. The first-order valence-corrected chi connectivity index (χ1v) is 4.54. The zero-order valence-corrected chi connectivity index (χ0v) is 7.06. The normalized spacial score (nSPS) is 51.2. The second-order valence-corrected chi connectivity index (χ2v) is 4.00. The fourth-order valence-electron chi connectivity index (χ4n) is 2.79. The fourth-order valence-corrected chi connectivity index (χ4v) is 2.79. The van der Waals surface area contributed by atoms with Gasteiger partial charge in [0.25, 0.3) is 0 Å². The smallest absolute Gasteiger partial charge is 0.309 e. The summed E-state index contributed by atoms with van der Waals surface area (Å²) in [6.07, 6.45) is 3.73. The molecule has 2 fully saturated rings. The molecule has 3 aliphatic heterocycles. The van der Waals surface area contributed by atoms with Gasteiger partial charge in [0.05, 0.1) is 12.0 Å². The van der Waals surface area contributed by atoms with E-state index in [2.05, 4.69) is 5.32 Å². The van der Waals surface area contributed by atoms with Crippen molar-refractivity contribution in [3.05, 3.63) is 12.2 Å². The number of hydrogen-bond acceptors (Lipinski definition) is 3. The molecule has 2 bridgehead atoms. The highest BCUT2D eigenvalue weighted by Crippen LogP contribution is 2.48. The molecule has 0 saturated carbocycles. The van der Waals surface area contributed by atoms with Gasteiger partial charge in [-0.15, -0.1) is 0 Å². The quantitative estimate of drug-likeness (QED) is 0.541. The van der Waals surface area contributed by atoms with Crippen molar-refractivity contribution in [1.29, 1.82) is 0 Å². The van der Waals surface area contributed by atoms with Crippen molar-refractivity contribution in [1.82, 2.24) is 5.32 Å². The van der Waals surface area contributed by atoms with Gasteiger partial charge in [0.15, 0.2) is 0 Å². The standard InChI is InChI=1S/C9H11NO3/c11-8(12)7-5-3-10-4-9(5)2-1-6(7)13-9/h1-2,5-7,10H,3-4H2,(H,11,12). The topological polar surface area (TPSA) is 58.6 Å². The van der Waals surface area contributed by atoms with Gasteiger partial charge >= 0.3 is 5.97 Å². The Bertz CT molecular complexity index is 301. The van der Waals surface area contributed by atoms with Crippen molar-refractivity contribution in [2.45, 2.75) is 11.7 Å². The van der Waals surface area contributed by atoms with Crippen LogP contribution in [-0.2, 0) is 9.53 Å². The van der Waals surface area contributed by atoms with Crippen LogP contribution < -0.4 is 5.32 Å². The number of hydrogen-bond donors (Lipinski definition) is 2. The Balaban J connectivity index is 2.02. The van der Waals surface area contributed by atoms with Crippen LogP contribution in [0.4, 0.5) is 0 Å². The van der Waals surface area contributed by atoms with Crippen LogP contribution >= 0.6 is 0 Å².